The van der Waals surface area contributed by atoms with Gasteiger partial charge in [0.2, 0.25) is 0 Å². The summed E-state index contributed by atoms with van der Waals surface area (Å²) in [5.74, 6) is 0. The minimum absolute atomic E-state index is 0.583. The molecule has 1 N–H and O–H groups in total. The second kappa shape index (κ2) is 4.46. The molecule has 0 saturated heterocycles. The van der Waals surface area contributed by atoms with Crippen molar-refractivity contribution in [2.75, 3.05) is 5.32 Å². The summed E-state index contributed by atoms with van der Waals surface area (Å²) in [5, 5.41) is 3.22. The molecule has 2 aromatic heterocycles. The number of hydrogen-bond donors (Lipinski definition) is 1. The molecular weight excluding hydrogens is 244 g/mol. The van der Waals surface area contributed by atoms with Crippen LogP contribution in [0, 0.1) is 13.8 Å². The van der Waals surface area contributed by atoms with Gasteiger partial charge in [-0.25, -0.2) is 0 Å². The number of hydrogen-bond acceptors (Lipinski definition) is 4. The first kappa shape index (κ1) is 11.3. The Morgan fingerprint density at radius 3 is 2.83 bits per heavy atom. The number of benzene rings is 1. The largest absolute Gasteiger partial charge is 0.424 e. The SMILES string of the molecule is Cc1cc(CNc2nc3ccccc3o2)sc1C. The monoisotopic (exact) mass is 258 g/mol. The molecule has 0 atom stereocenters. The van der Waals surface area contributed by atoms with Crippen molar-refractivity contribution in [1.29, 1.82) is 0 Å². The zero-order valence-electron chi connectivity index (χ0n) is 10.4. The molecule has 0 spiro atoms. The molecule has 3 rings (SSSR count). The Bertz CT molecular complexity index is 631. The standard InChI is InChI=1S/C14H14N2OS/c1-9-7-11(18-10(9)2)8-15-14-16-12-5-3-4-6-13(12)17-14/h3-7H,8H2,1-2H3,(H,15,16). The van der Waals surface area contributed by atoms with Crippen LogP contribution >= 0.6 is 11.3 Å². The van der Waals surface area contributed by atoms with Gasteiger partial charge < -0.3 is 9.73 Å². The maximum Gasteiger partial charge on any atom is 0.295 e. The highest BCUT2D eigenvalue weighted by molar-refractivity contribution is 7.12. The summed E-state index contributed by atoms with van der Waals surface area (Å²) in [6.07, 6.45) is 0. The summed E-state index contributed by atoms with van der Waals surface area (Å²) in [7, 11) is 0. The lowest BCUT2D eigenvalue weighted by molar-refractivity contribution is 0.615. The zero-order valence-corrected chi connectivity index (χ0v) is 11.2. The van der Waals surface area contributed by atoms with Gasteiger partial charge in [0.25, 0.3) is 6.01 Å². The first-order chi connectivity index (χ1) is 8.72. The van der Waals surface area contributed by atoms with Gasteiger partial charge in [-0.1, -0.05) is 12.1 Å². The summed E-state index contributed by atoms with van der Waals surface area (Å²) >= 11 is 1.81. The average Bonchev–Trinajstić information content (AvgIpc) is 2.91. The van der Waals surface area contributed by atoms with Gasteiger partial charge in [-0.05, 0) is 37.6 Å². The van der Waals surface area contributed by atoms with Crippen molar-refractivity contribution in [2.24, 2.45) is 0 Å². The Hall–Kier alpha value is -1.81. The Balaban J connectivity index is 1.76. The van der Waals surface area contributed by atoms with E-state index >= 15 is 0 Å². The van der Waals surface area contributed by atoms with Gasteiger partial charge in [-0.2, -0.15) is 4.98 Å². The fourth-order valence-electron chi connectivity index (χ4n) is 1.85. The highest BCUT2D eigenvalue weighted by Crippen LogP contribution is 2.23. The number of para-hydroxylation sites is 2. The van der Waals surface area contributed by atoms with Gasteiger partial charge >= 0.3 is 0 Å². The molecular formula is C14H14N2OS. The summed E-state index contributed by atoms with van der Waals surface area (Å²) < 4.78 is 5.61. The van der Waals surface area contributed by atoms with Crippen molar-refractivity contribution in [3.05, 3.63) is 45.6 Å². The minimum Gasteiger partial charge on any atom is -0.424 e. The first-order valence-electron chi connectivity index (χ1n) is 5.88. The van der Waals surface area contributed by atoms with E-state index in [0.29, 0.717) is 6.01 Å². The lowest BCUT2D eigenvalue weighted by Crippen LogP contribution is -1.96. The summed E-state index contributed by atoms with van der Waals surface area (Å²) in [4.78, 5) is 7.05. The third-order valence-electron chi connectivity index (χ3n) is 2.92. The normalized spacial score (nSPS) is 11.0. The van der Waals surface area contributed by atoms with E-state index in [-0.39, 0.29) is 0 Å². The minimum atomic E-state index is 0.583. The van der Waals surface area contributed by atoms with Gasteiger partial charge in [0, 0.05) is 9.75 Å². The summed E-state index contributed by atoms with van der Waals surface area (Å²) in [6.45, 7) is 5.03. The number of nitrogens with zero attached hydrogens (tertiary/aromatic N) is 1. The van der Waals surface area contributed by atoms with Gasteiger partial charge in [-0.15, -0.1) is 11.3 Å². The van der Waals surface area contributed by atoms with Crippen molar-refractivity contribution >= 4 is 28.5 Å². The predicted molar refractivity (Wildman–Crippen MR) is 75.1 cm³/mol. The number of aryl methyl sites for hydroxylation is 2. The molecule has 2 heterocycles. The van der Waals surface area contributed by atoms with Crippen LogP contribution in [0.15, 0.2) is 34.7 Å². The second-order valence-corrected chi connectivity index (χ2v) is 5.63. The average molecular weight is 258 g/mol. The smallest absolute Gasteiger partial charge is 0.295 e. The highest BCUT2D eigenvalue weighted by atomic mass is 32.1. The van der Waals surface area contributed by atoms with Crippen molar-refractivity contribution < 1.29 is 4.42 Å². The molecule has 3 aromatic rings. The van der Waals surface area contributed by atoms with E-state index in [1.807, 2.05) is 35.6 Å². The van der Waals surface area contributed by atoms with Gasteiger partial charge in [0.1, 0.15) is 5.52 Å². The molecule has 1 aromatic carbocycles. The molecule has 92 valence electrons. The van der Waals surface area contributed by atoms with E-state index in [0.717, 1.165) is 17.6 Å². The maximum atomic E-state index is 5.61. The van der Waals surface area contributed by atoms with Crippen LogP contribution < -0.4 is 5.32 Å². The Morgan fingerprint density at radius 1 is 1.28 bits per heavy atom. The van der Waals surface area contributed by atoms with E-state index in [2.05, 4.69) is 30.2 Å². The molecule has 0 radical (unpaired) electrons. The molecule has 0 aliphatic rings. The Morgan fingerprint density at radius 2 is 2.11 bits per heavy atom. The number of oxazole rings is 1. The summed E-state index contributed by atoms with van der Waals surface area (Å²) in [6, 6.07) is 10.6. The molecule has 0 aliphatic heterocycles. The Kier molecular flexibility index (Phi) is 2.80. The fraction of sp³-hybridized carbons (Fsp3) is 0.214. The number of aromatic nitrogens is 1. The quantitative estimate of drug-likeness (QED) is 0.768. The molecule has 0 fully saturated rings. The molecule has 0 bridgehead atoms. The lowest BCUT2D eigenvalue weighted by atomic mass is 10.3. The molecule has 0 unspecified atom stereocenters. The number of nitrogens with one attached hydrogen (secondary N) is 1. The number of rotatable bonds is 3. The maximum absolute atomic E-state index is 5.61. The van der Waals surface area contributed by atoms with Crippen LogP contribution in [0.5, 0.6) is 0 Å². The molecule has 0 saturated carbocycles. The van der Waals surface area contributed by atoms with Crippen LogP contribution in [0.1, 0.15) is 15.3 Å². The summed E-state index contributed by atoms with van der Waals surface area (Å²) in [5.41, 5.74) is 3.05. The van der Waals surface area contributed by atoms with Crippen molar-refractivity contribution in [3.8, 4) is 0 Å². The van der Waals surface area contributed by atoms with Crippen LogP contribution in [0.2, 0.25) is 0 Å². The van der Waals surface area contributed by atoms with Gasteiger partial charge in [-0.3, -0.25) is 0 Å². The fourth-order valence-corrected chi connectivity index (χ4v) is 2.84. The van der Waals surface area contributed by atoms with Crippen molar-refractivity contribution in [3.63, 3.8) is 0 Å². The lowest BCUT2D eigenvalue weighted by Gasteiger charge is -1.97. The van der Waals surface area contributed by atoms with Crippen LogP contribution in [0.4, 0.5) is 6.01 Å². The zero-order chi connectivity index (χ0) is 12.5. The number of thiophene rings is 1. The van der Waals surface area contributed by atoms with E-state index < -0.39 is 0 Å². The van der Waals surface area contributed by atoms with E-state index in [1.165, 1.54) is 15.3 Å². The Labute approximate surface area is 109 Å². The third-order valence-corrected chi connectivity index (χ3v) is 4.08. The van der Waals surface area contributed by atoms with Gasteiger partial charge in [0.05, 0.1) is 6.54 Å². The van der Waals surface area contributed by atoms with Crippen LogP contribution in [-0.2, 0) is 6.54 Å². The third kappa shape index (κ3) is 2.11. The van der Waals surface area contributed by atoms with Crippen molar-refractivity contribution in [1.82, 2.24) is 4.98 Å². The van der Waals surface area contributed by atoms with Crippen molar-refractivity contribution in [2.45, 2.75) is 20.4 Å². The topological polar surface area (TPSA) is 38.1 Å². The first-order valence-corrected chi connectivity index (χ1v) is 6.69. The van der Waals surface area contributed by atoms with Crippen LogP contribution in [0.25, 0.3) is 11.1 Å². The molecule has 18 heavy (non-hydrogen) atoms. The highest BCUT2D eigenvalue weighted by Gasteiger charge is 2.06. The molecule has 0 aliphatic carbocycles. The van der Waals surface area contributed by atoms with E-state index in [9.17, 15) is 0 Å². The number of anilines is 1. The predicted octanol–water partition coefficient (Wildman–Crippen LogP) is 4.12. The van der Waals surface area contributed by atoms with Crippen LogP contribution in [-0.4, -0.2) is 4.98 Å². The molecule has 4 heteroatoms. The van der Waals surface area contributed by atoms with Crippen LogP contribution in [0.3, 0.4) is 0 Å². The molecule has 0 amide bonds. The van der Waals surface area contributed by atoms with E-state index in [1.54, 1.807) is 0 Å². The number of fused-ring (bicyclic) bond motifs is 1. The second-order valence-electron chi connectivity index (χ2n) is 4.29. The van der Waals surface area contributed by atoms with E-state index in [4.69, 9.17) is 4.42 Å². The van der Waals surface area contributed by atoms with Gasteiger partial charge in [0.15, 0.2) is 5.58 Å². The molecule has 3 nitrogen and oxygen atoms in total.